The first-order valence-corrected chi connectivity index (χ1v) is 14.0. The van der Waals surface area contributed by atoms with Gasteiger partial charge in [-0.15, -0.1) is 0 Å². The number of carbonyl (C=O) groups is 5. The molecule has 43 heavy (non-hydrogen) atoms. The number of nitrogens with zero attached hydrogens (tertiary/aromatic N) is 1. The van der Waals surface area contributed by atoms with E-state index in [0.29, 0.717) is 24.7 Å². The molecule has 0 spiro atoms. The highest BCUT2D eigenvalue weighted by Gasteiger charge is 2.29. The number of nitrogens with two attached hydrogens (primary N) is 3. The summed E-state index contributed by atoms with van der Waals surface area (Å²) in [6.45, 7) is 4.00. The van der Waals surface area contributed by atoms with Crippen molar-refractivity contribution in [3.63, 3.8) is 0 Å². The van der Waals surface area contributed by atoms with E-state index in [9.17, 15) is 24.0 Å². The molecule has 0 radical (unpaired) electrons. The first kappa shape index (κ1) is 34.2. The van der Waals surface area contributed by atoms with E-state index >= 15 is 0 Å². The van der Waals surface area contributed by atoms with Gasteiger partial charge in [0.2, 0.25) is 17.7 Å². The largest absolute Gasteiger partial charge is 0.370 e. The average molecular weight is 592 g/mol. The summed E-state index contributed by atoms with van der Waals surface area (Å²) >= 11 is 0. The monoisotopic (exact) mass is 591 g/mol. The molecule has 0 saturated carbocycles. The van der Waals surface area contributed by atoms with Gasteiger partial charge in [-0.05, 0) is 54.5 Å². The van der Waals surface area contributed by atoms with Gasteiger partial charge in [-0.25, -0.2) is 0 Å². The van der Waals surface area contributed by atoms with Crippen molar-refractivity contribution in [2.75, 3.05) is 6.54 Å². The lowest BCUT2D eigenvalue weighted by Crippen LogP contribution is -2.57. The Kier molecular flexibility index (Phi) is 14.1. The molecule has 2 aromatic carbocycles. The summed E-state index contributed by atoms with van der Waals surface area (Å²) in [5.74, 6) is -2.39. The Balaban J connectivity index is 2.29. The number of nitrogens with one attached hydrogen (secondary N) is 3. The third-order valence-corrected chi connectivity index (χ3v) is 6.39. The van der Waals surface area contributed by atoms with Crippen LogP contribution in [0.5, 0.6) is 0 Å². The topological polar surface area (TPSA) is 212 Å². The zero-order valence-electron chi connectivity index (χ0n) is 24.5. The summed E-state index contributed by atoms with van der Waals surface area (Å²) in [6, 6.07) is 12.6. The Hall–Kier alpha value is -5.00. The van der Waals surface area contributed by atoms with Gasteiger partial charge >= 0.3 is 0 Å². The maximum atomic E-state index is 13.6. The summed E-state index contributed by atoms with van der Waals surface area (Å²) in [4.78, 5) is 66.6. The number of aliphatic imine (C=N–C) groups is 1. The third-order valence-electron chi connectivity index (χ3n) is 6.39. The van der Waals surface area contributed by atoms with E-state index in [1.807, 2.05) is 44.2 Å². The molecule has 0 aliphatic rings. The van der Waals surface area contributed by atoms with Crippen LogP contribution in [0.15, 0.2) is 65.7 Å². The molecule has 12 nitrogen and oxygen atoms in total. The highest BCUT2D eigenvalue weighted by molar-refractivity contribution is 5.99. The van der Waals surface area contributed by atoms with Crippen LogP contribution in [0, 0.1) is 5.92 Å². The molecule has 0 saturated heterocycles. The van der Waals surface area contributed by atoms with E-state index in [1.165, 1.54) is 6.08 Å². The minimum atomic E-state index is -1.06. The van der Waals surface area contributed by atoms with E-state index in [0.717, 1.165) is 11.1 Å². The van der Waals surface area contributed by atoms with Crippen LogP contribution in [-0.2, 0) is 25.6 Å². The van der Waals surface area contributed by atoms with Crippen molar-refractivity contribution >= 4 is 42.0 Å². The van der Waals surface area contributed by atoms with Crippen molar-refractivity contribution in [1.29, 1.82) is 0 Å². The minimum absolute atomic E-state index is 0.0771. The minimum Gasteiger partial charge on any atom is -0.370 e. The summed E-state index contributed by atoms with van der Waals surface area (Å²) in [5.41, 5.74) is 18.1. The van der Waals surface area contributed by atoms with E-state index in [2.05, 4.69) is 20.9 Å². The predicted octanol–water partition coefficient (Wildman–Crippen LogP) is 0.794. The first-order chi connectivity index (χ1) is 20.5. The van der Waals surface area contributed by atoms with Crippen LogP contribution in [0.2, 0.25) is 0 Å². The SMILES string of the molecule is CC(C)C[C@H](NC(=O)[C@H](CCCN=C(N)N)NC(=O)[C@H](Cc1ccccc1)NC(=O)c1ccc(/C=C/C=O)cc1)C(N)=O. The van der Waals surface area contributed by atoms with Crippen molar-refractivity contribution in [1.82, 2.24) is 16.0 Å². The Labute approximate surface area is 251 Å². The summed E-state index contributed by atoms with van der Waals surface area (Å²) < 4.78 is 0. The number of amides is 4. The molecule has 0 unspecified atom stereocenters. The normalized spacial score (nSPS) is 13.0. The molecule has 0 fully saturated rings. The van der Waals surface area contributed by atoms with Gasteiger partial charge < -0.3 is 33.2 Å². The molecular formula is C31H41N7O5. The van der Waals surface area contributed by atoms with Crippen LogP contribution in [0.3, 0.4) is 0 Å². The lowest BCUT2D eigenvalue weighted by molar-refractivity contribution is -0.132. The van der Waals surface area contributed by atoms with Crippen LogP contribution in [0.1, 0.15) is 54.6 Å². The van der Waals surface area contributed by atoms with Crippen molar-refractivity contribution in [3.8, 4) is 0 Å². The average Bonchev–Trinajstić information content (AvgIpc) is 2.97. The molecule has 4 amide bonds. The van der Waals surface area contributed by atoms with Crippen molar-refractivity contribution in [2.24, 2.45) is 28.1 Å². The molecule has 0 aliphatic heterocycles. The lowest BCUT2D eigenvalue weighted by Gasteiger charge is -2.25. The maximum absolute atomic E-state index is 13.6. The molecule has 2 aromatic rings. The fraction of sp³-hybridized carbons (Fsp3) is 0.355. The molecule has 0 aromatic heterocycles. The van der Waals surface area contributed by atoms with Gasteiger partial charge in [0.1, 0.15) is 24.4 Å². The first-order valence-electron chi connectivity index (χ1n) is 14.0. The zero-order chi connectivity index (χ0) is 31.8. The second-order valence-corrected chi connectivity index (χ2v) is 10.4. The number of carbonyl (C=O) groups excluding carboxylic acids is 5. The molecule has 0 aliphatic carbocycles. The van der Waals surface area contributed by atoms with Crippen LogP contribution < -0.4 is 33.2 Å². The maximum Gasteiger partial charge on any atom is 0.251 e. The van der Waals surface area contributed by atoms with E-state index in [4.69, 9.17) is 17.2 Å². The lowest BCUT2D eigenvalue weighted by atomic mass is 10.0. The standard InChI is InChI=1S/C31H41N7O5/c1-20(2)18-25(27(32)40)37-29(42)24(11-6-16-35-31(33)34)36-30(43)26(19-22-8-4-3-5-9-22)38-28(41)23-14-12-21(13-15-23)10-7-17-39/h3-5,7-10,12-15,17,20,24-26H,6,11,16,18-19H2,1-2H3,(H2,32,40)(H,36,43)(H,37,42)(H,38,41)(H4,33,34,35)/b10-7+/t24-,25-,26-/m0/s1. The van der Waals surface area contributed by atoms with Gasteiger partial charge in [-0.2, -0.15) is 0 Å². The van der Waals surface area contributed by atoms with E-state index < -0.39 is 41.8 Å². The van der Waals surface area contributed by atoms with Crippen molar-refractivity contribution in [3.05, 3.63) is 77.4 Å². The Morgan fingerprint density at radius 2 is 1.47 bits per heavy atom. The third kappa shape index (κ3) is 12.6. The second kappa shape index (κ2) is 17.7. The Morgan fingerprint density at radius 3 is 2.05 bits per heavy atom. The van der Waals surface area contributed by atoms with Gasteiger partial charge in [0.25, 0.3) is 5.91 Å². The molecule has 230 valence electrons. The fourth-order valence-corrected chi connectivity index (χ4v) is 4.23. The van der Waals surface area contributed by atoms with Crippen LogP contribution in [0.4, 0.5) is 0 Å². The fourth-order valence-electron chi connectivity index (χ4n) is 4.23. The number of guanidine groups is 1. The van der Waals surface area contributed by atoms with Crippen LogP contribution in [0.25, 0.3) is 6.08 Å². The number of hydrogen-bond acceptors (Lipinski definition) is 6. The van der Waals surface area contributed by atoms with Gasteiger partial charge in [-0.1, -0.05) is 62.4 Å². The Bertz CT molecular complexity index is 1290. The highest BCUT2D eigenvalue weighted by atomic mass is 16.2. The number of allylic oxidation sites excluding steroid dienone is 1. The van der Waals surface area contributed by atoms with Gasteiger partial charge in [0.15, 0.2) is 5.96 Å². The molecule has 9 N–H and O–H groups in total. The molecule has 2 rings (SSSR count). The number of aldehydes is 1. The molecule has 0 heterocycles. The summed E-state index contributed by atoms with van der Waals surface area (Å²) in [5, 5.41) is 8.16. The van der Waals surface area contributed by atoms with Gasteiger partial charge in [0.05, 0.1) is 0 Å². The number of benzene rings is 2. The molecule has 3 atom stereocenters. The van der Waals surface area contributed by atoms with Crippen molar-refractivity contribution < 1.29 is 24.0 Å². The summed E-state index contributed by atoms with van der Waals surface area (Å²) in [6.07, 6.45) is 4.58. The van der Waals surface area contributed by atoms with Crippen molar-refractivity contribution in [2.45, 2.75) is 57.7 Å². The van der Waals surface area contributed by atoms with E-state index in [1.54, 1.807) is 30.3 Å². The molecular weight excluding hydrogens is 550 g/mol. The Morgan fingerprint density at radius 1 is 0.837 bits per heavy atom. The number of primary amides is 1. The van der Waals surface area contributed by atoms with Gasteiger partial charge in [0, 0.05) is 18.5 Å². The van der Waals surface area contributed by atoms with Crippen LogP contribution in [-0.4, -0.2) is 60.5 Å². The number of hydrogen-bond donors (Lipinski definition) is 6. The molecule has 0 bridgehead atoms. The van der Waals surface area contributed by atoms with Gasteiger partial charge in [-0.3, -0.25) is 29.0 Å². The smallest absolute Gasteiger partial charge is 0.251 e. The zero-order valence-corrected chi connectivity index (χ0v) is 24.5. The summed E-state index contributed by atoms with van der Waals surface area (Å²) in [7, 11) is 0. The van der Waals surface area contributed by atoms with E-state index in [-0.39, 0.29) is 31.3 Å². The number of rotatable bonds is 17. The van der Waals surface area contributed by atoms with Crippen LogP contribution >= 0.6 is 0 Å². The highest BCUT2D eigenvalue weighted by Crippen LogP contribution is 2.10. The second-order valence-electron chi connectivity index (χ2n) is 10.4. The predicted molar refractivity (Wildman–Crippen MR) is 165 cm³/mol. The quantitative estimate of drug-likeness (QED) is 0.0511. The molecule has 12 heteroatoms.